The average molecular weight is 459 g/mol. The number of anilines is 1. The lowest BCUT2D eigenvalue weighted by atomic mass is 10.1. The Bertz CT molecular complexity index is 1310. The molecule has 0 spiro atoms. The van der Waals surface area contributed by atoms with Crippen LogP contribution in [0.2, 0.25) is 0 Å². The van der Waals surface area contributed by atoms with Crippen molar-refractivity contribution in [3.05, 3.63) is 77.1 Å². The first-order chi connectivity index (χ1) is 15.9. The van der Waals surface area contributed by atoms with Crippen LogP contribution in [0.3, 0.4) is 0 Å². The van der Waals surface area contributed by atoms with Gasteiger partial charge in [0.2, 0.25) is 5.82 Å². The molecule has 8 heteroatoms. The highest BCUT2D eigenvalue weighted by Gasteiger charge is 2.25. The van der Waals surface area contributed by atoms with E-state index in [0.29, 0.717) is 5.56 Å². The number of para-hydroxylation sites is 1. The van der Waals surface area contributed by atoms with Gasteiger partial charge in [0, 0.05) is 28.4 Å². The fraction of sp³-hybridized carbons (Fsp3) is 0.240. The number of aromatic nitrogens is 1. The Kier molecular flexibility index (Phi) is 6.62. The van der Waals surface area contributed by atoms with Crippen molar-refractivity contribution in [3.8, 4) is 0 Å². The van der Waals surface area contributed by atoms with Crippen molar-refractivity contribution >= 4 is 33.7 Å². The normalized spacial score (nSPS) is 11.8. The molecule has 0 saturated heterocycles. The third-order valence-electron chi connectivity index (χ3n) is 5.63. The summed E-state index contributed by atoms with van der Waals surface area (Å²) in [6.07, 6.45) is 5.84. The zero-order chi connectivity index (χ0) is 23.5. The first-order valence-corrected chi connectivity index (χ1v) is 10.8. The molecule has 0 saturated carbocycles. The van der Waals surface area contributed by atoms with E-state index in [1.165, 1.54) is 12.6 Å². The molecule has 0 amide bonds. The summed E-state index contributed by atoms with van der Waals surface area (Å²) in [5.74, 6) is -10.2. The Hall–Kier alpha value is -3.42. The summed E-state index contributed by atoms with van der Waals surface area (Å²) in [5, 5.41) is 5.74. The van der Waals surface area contributed by atoms with Gasteiger partial charge in [-0.3, -0.25) is 5.43 Å². The van der Waals surface area contributed by atoms with Crippen LogP contribution in [-0.4, -0.2) is 10.8 Å². The number of benzene rings is 3. The molecule has 0 aliphatic heterocycles. The van der Waals surface area contributed by atoms with Crippen molar-refractivity contribution in [3.63, 3.8) is 0 Å². The molecule has 0 unspecified atom stereocenters. The maximum atomic E-state index is 13.8. The molecule has 3 aromatic carbocycles. The molecule has 0 atom stereocenters. The lowest BCUT2D eigenvalue weighted by molar-refractivity contribution is 0.381. The zero-order valence-corrected chi connectivity index (χ0v) is 17.9. The van der Waals surface area contributed by atoms with Crippen LogP contribution >= 0.6 is 0 Å². The van der Waals surface area contributed by atoms with Crippen molar-refractivity contribution < 1.29 is 22.0 Å². The summed E-state index contributed by atoms with van der Waals surface area (Å²) in [5.41, 5.74) is 3.50. The van der Waals surface area contributed by atoms with Crippen LogP contribution in [0, 0.1) is 29.1 Å². The van der Waals surface area contributed by atoms with Crippen LogP contribution in [0.5, 0.6) is 0 Å². The van der Waals surface area contributed by atoms with Gasteiger partial charge in [-0.05, 0) is 30.2 Å². The van der Waals surface area contributed by atoms with E-state index in [-0.39, 0.29) is 0 Å². The van der Waals surface area contributed by atoms with Crippen molar-refractivity contribution in [2.24, 2.45) is 5.10 Å². The van der Waals surface area contributed by atoms with Gasteiger partial charge >= 0.3 is 0 Å². The van der Waals surface area contributed by atoms with E-state index in [4.69, 9.17) is 0 Å². The summed E-state index contributed by atoms with van der Waals surface area (Å²) < 4.78 is 69.8. The van der Waals surface area contributed by atoms with E-state index in [9.17, 15) is 22.0 Å². The van der Waals surface area contributed by atoms with Crippen molar-refractivity contribution in [2.45, 2.75) is 39.2 Å². The summed E-state index contributed by atoms with van der Waals surface area (Å²) >= 11 is 0. The second-order valence-electron chi connectivity index (χ2n) is 7.82. The number of halogens is 5. The molecule has 0 bridgehead atoms. The van der Waals surface area contributed by atoms with Crippen LogP contribution in [-0.2, 0) is 6.54 Å². The van der Waals surface area contributed by atoms with Crippen LogP contribution in [0.25, 0.3) is 21.8 Å². The summed E-state index contributed by atoms with van der Waals surface area (Å²) in [4.78, 5) is 0. The van der Waals surface area contributed by atoms with Gasteiger partial charge in [0.1, 0.15) is 5.69 Å². The topological polar surface area (TPSA) is 29.3 Å². The highest BCUT2D eigenvalue weighted by Crippen LogP contribution is 2.30. The SMILES string of the molecule is CCCCCCn1c2ccccc2c2cc(/C=N/Nc3c(F)c(F)c(F)c(F)c3F)ccc21. The number of unbranched alkanes of at least 4 members (excludes halogenated alkanes) is 3. The number of hydrazone groups is 1. The Morgan fingerprint density at radius 3 is 2.18 bits per heavy atom. The predicted molar refractivity (Wildman–Crippen MR) is 121 cm³/mol. The molecule has 0 radical (unpaired) electrons. The maximum Gasteiger partial charge on any atom is 0.200 e. The van der Waals surface area contributed by atoms with Gasteiger partial charge in [-0.25, -0.2) is 22.0 Å². The molecule has 1 heterocycles. The smallest absolute Gasteiger partial charge is 0.200 e. The number of hydrogen-bond donors (Lipinski definition) is 1. The minimum atomic E-state index is -2.21. The molecule has 0 fully saturated rings. The Morgan fingerprint density at radius 2 is 1.45 bits per heavy atom. The van der Waals surface area contributed by atoms with Gasteiger partial charge in [0.15, 0.2) is 23.3 Å². The quantitative estimate of drug-likeness (QED) is 0.0725. The molecule has 4 rings (SSSR count). The highest BCUT2D eigenvalue weighted by atomic mass is 19.2. The fourth-order valence-electron chi connectivity index (χ4n) is 3.96. The largest absolute Gasteiger partial charge is 0.340 e. The third kappa shape index (κ3) is 4.29. The predicted octanol–water partition coefficient (Wildman–Crippen LogP) is 7.52. The molecular formula is C25H22F5N3. The summed E-state index contributed by atoms with van der Waals surface area (Å²) in [7, 11) is 0. The van der Waals surface area contributed by atoms with Gasteiger partial charge in [-0.15, -0.1) is 0 Å². The number of nitrogens with one attached hydrogen (secondary N) is 1. The minimum Gasteiger partial charge on any atom is -0.340 e. The molecule has 33 heavy (non-hydrogen) atoms. The lowest BCUT2D eigenvalue weighted by Crippen LogP contribution is -2.06. The fourth-order valence-corrected chi connectivity index (χ4v) is 3.96. The van der Waals surface area contributed by atoms with Gasteiger partial charge in [0.25, 0.3) is 0 Å². The summed E-state index contributed by atoms with van der Waals surface area (Å²) in [6, 6.07) is 13.6. The molecule has 3 nitrogen and oxygen atoms in total. The van der Waals surface area contributed by atoms with Crippen molar-refractivity contribution in [1.29, 1.82) is 0 Å². The standard InChI is InChI=1S/C25H22F5N3/c1-2-3-4-7-12-33-18-9-6-5-8-16(18)17-13-15(10-11-19(17)33)14-31-32-25-23(29)21(27)20(26)22(28)24(25)30/h5-6,8-11,13-14,32H,2-4,7,12H2,1H3/b31-14+. The van der Waals surface area contributed by atoms with Gasteiger partial charge in [0.05, 0.1) is 6.21 Å². The molecule has 1 N–H and O–H groups in total. The zero-order valence-electron chi connectivity index (χ0n) is 17.9. The monoisotopic (exact) mass is 459 g/mol. The summed E-state index contributed by atoms with van der Waals surface area (Å²) in [6.45, 7) is 3.06. The van der Waals surface area contributed by atoms with E-state index in [2.05, 4.69) is 22.7 Å². The Balaban J connectivity index is 1.64. The highest BCUT2D eigenvalue weighted by molar-refractivity contribution is 6.09. The first kappa shape index (κ1) is 22.8. The van der Waals surface area contributed by atoms with E-state index < -0.39 is 34.8 Å². The van der Waals surface area contributed by atoms with Crippen molar-refractivity contribution in [2.75, 3.05) is 5.43 Å². The van der Waals surface area contributed by atoms with E-state index >= 15 is 0 Å². The molecule has 0 aliphatic carbocycles. The van der Waals surface area contributed by atoms with E-state index in [0.717, 1.165) is 47.6 Å². The number of fused-ring (bicyclic) bond motifs is 3. The Labute approximate surface area is 187 Å². The lowest BCUT2D eigenvalue weighted by Gasteiger charge is -2.08. The molecule has 4 aromatic rings. The second-order valence-corrected chi connectivity index (χ2v) is 7.82. The van der Waals surface area contributed by atoms with Crippen LogP contribution in [0.15, 0.2) is 47.6 Å². The molecule has 172 valence electrons. The minimum absolute atomic E-state index is 0.604. The van der Waals surface area contributed by atoms with Crippen LogP contribution in [0.1, 0.15) is 38.2 Å². The number of hydrogen-bond acceptors (Lipinski definition) is 2. The number of nitrogens with zero attached hydrogens (tertiary/aromatic N) is 2. The third-order valence-corrected chi connectivity index (χ3v) is 5.63. The van der Waals surface area contributed by atoms with Gasteiger partial charge in [-0.2, -0.15) is 5.10 Å². The average Bonchev–Trinajstić information content (AvgIpc) is 3.14. The molecular weight excluding hydrogens is 437 g/mol. The first-order valence-electron chi connectivity index (χ1n) is 10.8. The molecule has 0 aliphatic rings. The number of aryl methyl sites for hydroxylation is 1. The second kappa shape index (κ2) is 9.60. The van der Waals surface area contributed by atoms with Gasteiger partial charge < -0.3 is 4.57 Å². The number of rotatable bonds is 8. The van der Waals surface area contributed by atoms with Crippen LogP contribution in [0.4, 0.5) is 27.6 Å². The van der Waals surface area contributed by atoms with Crippen LogP contribution < -0.4 is 5.43 Å². The maximum absolute atomic E-state index is 13.8. The van der Waals surface area contributed by atoms with E-state index in [1.807, 2.05) is 35.8 Å². The van der Waals surface area contributed by atoms with Crippen molar-refractivity contribution in [1.82, 2.24) is 4.57 Å². The van der Waals surface area contributed by atoms with E-state index in [1.54, 1.807) is 6.07 Å². The Morgan fingerprint density at radius 1 is 0.788 bits per heavy atom. The van der Waals surface area contributed by atoms with Gasteiger partial charge in [-0.1, -0.05) is 50.5 Å². The molecule has 1 aromatic heterocycles.